The molecule has 0 bridgehead atoms. The number of halogens is 2. The molecule has 5 heteroatoms. The number of fused-ring (bicyclic) bond motifs is 4. The summed E-state index contributed by atoms with van der Waals surface area (Å²) in [5, 5.41) is 10.6. The van der Waals surface area contributed by atoms with Crippen molar-refractivity contribution in [3.63, 3.8) is 0 Å². The lowest BCUT2D eigenvalue weighted by Crippen LogP contribution is -2.14. The molecule has 3 nitrogen and oxygen atoms in total. The molecule has 0 saturated carbocycles. The molecule has 0 radical (unpaired) electrons. The van der Waals surface area contributed by atoms with Crippen molar-refractivity contribution in [3.05, 3.63) is 51.0 Å². The number of ether oxygens (including phenoxy) is 1. The number of carbonyl (C=O) groups is 1. The van der Waals surface area contributed by atoms with Gasteiger partial charge in [-0.1, -0.05) is 31.9 Å². The Morgan fingerprint density at radius 2 is 1.96 bits per heavy atom. The van der Waals surface area contributed by atoms with Crippen LogP contribution in [0.2, 0.25) is 0 Å². The van der Waals surface area contributed by atoms with Gasteiger partial charge in [-0.05, 0) is 53.8 Å². The Morgan fingerprint density at radius 3 is 2.75 bits per heavy atom. The average Bonchev–Trinajstić information content (AvgIpc) is 2.59. The van der Waals surface area contributed by atoms with E-state index in [0.717, 1.165) is 56.4 Å². The number of aliphatic hydroxyl groups excluding tert-OH is 1. The predicted octanol–water partition coefficient (Wildman–Crippen LogP) is 4.96. The maximum absolute atomic E-state index is 12.1. The normalized spacial score (nSPS) is 16.7. The third-order valence-electron chi connectivity index (χ3n) is 4.73. The van der Waals surface area contributed by atoms with Gasteiger partial charge in [0.2, 0.25) is 0 Å². The van der Waals surface area contributed by atoms with Crippen LogP contribution in [0, 0.1) is 0 Å². The van der Waals surface area contributed by atoms with Crippen LogP contribution in [0.25, 0.3) is 11.1 Å². The molecule has 1 unspecified atom stereocenters. The number of alkyl halides is 1. The minimum absolute atomic E-state index is 0.211. The first-order valence-corrected chi connectivity index (χ1v) is 9.89. The van der Waals surface area contributed by atoms with Gasteiger partial charge in [-0.15, -0.1) is 0 Å². The van der Waals surface area contributed by atoms with Crippen LogP contribution >= 0.6 is 31.9 Å². The van der Waals surface area contributed by atoms with Gasteiger partial charge in [0.15, 0.2) is 5.78 Å². The lowest BCUT2D eigenvalue weighted by Gasteiger charge is -2.26. The molecule has 1 aliphatic heterocycles. The average molecular weight is 452 g/mol. The highest BCUT2D eigenvalue weighted by Gasteiger charge is 2.26. The van der Waals surface area contributed by atoms with Gasteiger partial charge in [0.25, 0.3) is 0 Å². The molecule has 4 rings (SSSR count). The zero-order chi connectivity index (χ0) is 16.8. The molecule has 2 aromatic carbocycles. The largest absolute Gasteiger partial charge is 0.488 e. The van der Waals surface area contributed by atoms with Gasteiger partial charge in [0.1, 0.15) is 12.4 Å². The van der Waals surface area contributed by atoms with Crippen LogP contribution in [-0.4, -0.2) is 16.2 Å². The molecular formula is C19H16Br2O3. The second-order valence-corrected chi connectivity index (χ2v) is 7.78. The van der Waals surface area contributed by atoms with Gasteiger partial charge in [0, 0.05) is 32.9 Å². The third-order valence-corrected chi connectivity index (χ3v) is 5.97. The number of Topliss-reactive ketones (excluding diaryl/α,β-unsaturated/α-hetero) is 1. The molecule has 1 aliphatic carbocycles. The zero-order valence-corrected chi connectivity index (χ0v) is 16.1. The number of benzene rings is 2. The molecule has 1 N–H and O–H groups in total. The van der Waals surface area contributed by atoms with Crippen LogP contribution < -0.4 is 4.74 Å². The smallest absolute Gasteiger partial charge is 0.163 e. The fraction of sp³-hybridized carbons (Fsp3) is 0.316. The number of carbonyl (C=O) groups excluding carboxylic acids is 1. The quantitative estimate of drug-likeness (QED) is 0.656. The van der Waals surface area contributed by atoms with Crippen LogP contribution in [0.4, 0.5) is 0 Å². The number of hydrogen-bond donors (Lipinski definition) is 1. The number of rotatable bonds is 2. The summed E-state index contributed by atoms with van der Waals surface area (Å²) in [6.45, 7) is 0.441. The van der Waals surface area contributed by atoms with E-state index in [9.17, 15) is 9.90 Å². The standard InChI is InChI=1S/C19H16Br2O3/c20-8-17(23)11-4-12-9-24-18-7-13-10(2-1-3-16(13)22)5-14(18)19(12)15(21)6-11/h4-7,17,23H,1-3,8-9H2. The number of hydrogen-bond acceptors (Lipinski definition) is 3. The summed E-state index contributed by atoms with van der Waals surface area (Å²) in [6.07, 6.45) is 1.92. The Balaban J connectivity index is 1.88. The molecule has 1 heterocycles. The highest BCUT2D eigenvalue weighted by Crippen LogP contribution is 2.45. The first-order valence-electron chi connectivity index (χ1n) is 7.98. The van der Waals surface area contributed by atoms with E-state index in [1.807, 2.05) is 18.2 Å². The molecule has 0 saturated heterocycles. The van der Waals surface area contributed by atoms with Crippen molar-refractivity contribution in [3.8, 4) is 16.9 Å². The van der Waals surface area contributed by atoms with Crippen LogP contribution in [0.5, 0.6) is 5.75 Å². The van der Waals surface area contributed by atoms with E-state index in [1.54, 1.807) is 0 Å². The van der Waals surface area contributed by atoms with Gasteiger partial charge in [0.05, 0.1) is 6.10 Å². The zero-order valence-electron chi connectivity index (χ0n) is 12.9. The van der Waals surface area contributed by atoms with Crippen molar-refractivity contribution in [2.75, 3.05) is 5.33 Å². The summed E-state index contributed by atoms with van der Waals surface area (Å²) < 4.78 is 6.87. The second kappa shape index (κ2) is 6.28. The number of aryl methyl sites for hydroxylation is 1. The Morgan fingerprint density at radius 1 is 1.12 bits per heavy atom. The highest BCUT2D eigenvalue weighted by molar-refractivity contribution is 9.10. The molecule has 24 heavy (non-hydrogen) atoms. The molecule has 0 fully saturated rings. The van der Waals surface area contributed by atoms with E-state index in [2.05, 4.69) is 37.9 Å². The summed E-state index contributed by atoms with van der Waals surface area (Å²) in [4.78, 5) is 12.1. The van der Waals surface area contributed by atoms with E-state index in [-0.39, 0.29) is 5.78 Å². The van der Waals surface area contributed by atoms with Crippen molar-refractivity contribution in [1.82, 2.24) is 0 Å². The first-order chi connectivity index (χ1) is 11.6. The van der Waals surface area contributed by atoms with Gasteiger partial charge in [-0.25, -0.2) is 0 Å². The molecule has 0 amide bonds. The molecule has 1 atom stereocenters. The summed E-state index contributed by atoms with van der Waals surface area (Å²) in [7, 11) is 0. The third kappa shape index (κ3) is 2.63. The fourth-order valence-electron chi connectivity index (χ4n) is 3.52. The van der Waals surface area contributed by atoms with Crippen molar-refractivity contribution in [2.24, 2.45) is 0 Å². The topological polar surface area (TPSA) is 46.5 Å². The molecule has 0 aromatic heterocycles. The van der Waals surface area contributed by atoms with Gasteiger partial charge in [-0.3, -0.25) is 4.79 Å². The molecular weight excluding hydrogens is 436 g/mol. The molecule has 2 aliphatic rings. The van der Waals surface area contributed by atoms with Crippen molar-refractivity contribution >= 4 is 37.6 Å². The monoisotopic (exact) mass is 450 g/mol. The molecule has 124 valence electrons. The lowest BCUT2D eigenvalue weighted by atomic mass is 9.85. The summed E-state index contributed by atoms with van der Waals surface area (Å²) in [5.41, 5.74) is 5.95. The molecule has 0 spiro atoms. The van der Waals surface area contributed by atoms with Crippen LogP contribution in [0.1, 0.15) is 46.0 Å². The fourth-order valence-corrected chi connectivity index (χ4v) is 4.63. The van der Waals surface area contributed by atoms with Crippen LogP contribution in [0.15, 0.2) is 28.7 Å². The Labute approximate surface area is 157 Å². The van der Waals surface area contributed by atoms with Gasteiger partial charge in [-0.2, -0.15) is 0 Å². The first kappa shape index (κ1) is 16.3. The van der Waals surface area contributed by atoms with Crippen molar-refractivity contribution in [1.29, 1.82) is 0 Å². The van der Waals surface area contributed by atoms with Gasteiger partial charge >= 0.3 is 0 Å². The maximum Gasteiger partial charge on any atom is 0.163 e. The molecule has 2 aromatic rings. The van der Waals surface area contributed by atoms with E-state index < -0.39 is 6.10 Å². The summed E-state index contributed by atoms with van der Waals surface area (Å²) in [6, 6.07) is 7.97. The van der Waals surface area contributed by atoms with E-state index in [4.69, 9.17) is 4.74 Å². The number of ketones is 1. The van der Waals surface area contributed by atoms with Crippen LogP contribution in [-0.2, 0) is 13.0 Å². The van der Waals surface area contributed by atoms with E-state index >= 15 is 0 Å². The maximum atomic E-state index is 12.1. The lowest BCUT2D eigenvalue weighted by molar-refractivity contribution is 0.0972. The Hall–Kier alpha value is -1.17. The van der Waals surface area contributed by atoms with Gasteiger partial charge < -0.3 is 9.84 Å². The Bertz CT molecular complexity index is 845. The Kier molecular flexibility index (Phi) is 4.27. The minimum atomic E-state index is -0.547. The minimum Gasteiger partial charge on any atom is -0.488 e. The van der Waals surface area contributed by atoms with Crippen molar-refractivity contribution < 1.29 is 14.6 Å². The van der Waals surface area contributed by atoms with E-state index in [0.29, 0.717) is 18.4 Å². The second-order valence-electron chi connectivity index (χ2n) is 6.28. The van der Waals surface area contributed by atoms with Crippen molar-refractivity contribution in [2.45, 2.75) is 32.0 Å². The number of aliphatic hydroxyl groups is 1. The van der Waals surface area contributed by atoms with Crippen LogP contribution in [0.3, 0.4) is 0 Å². The predicted molar refractivity (Wildman–Crippen MR) is 99.9 cm³/mol. The summed E-state index contributed by atoms with van der Waals surface area (Å²) in [5.74, 6) is 0.981. The SMILES string of the molecule is O=C1CCCc2cc3c(cc21)OCc1cc(C(O)CBr)cc(Br)c1-3. The summed E-state index contributed by atoms with van der Waals surface area (Å²) >= 11 is 6.98. The highest BCUT2D eigenvalue weighted by atomic mass is 79.9. The van der Waals surface area contributed by atoms with E-state index in [1.165, 1.54) is 0 Å².